The quantitative estimate of drug-likeness (QED) is 0.663. The van der Waals surface area contributed by atoms with Crippen LogP contribution in [-0.4, -0.2) is 66.9 Å². The second kappa shape index (κ2) is 8.08. The minimum absolute atomic E-state index is 0.287. The van der Waals surface area contributed by atoms with Gasteiger partial charge >= 0.3 is 0 Å². The molecular weight excluding hydrogens is 400 g/mol. The van der Waals surface area contributed by atoms with Gasteiger partial charge in [0.2, 0.25) is 10.0 Å². The molecule has 7 nitrogen and oxygen atoms in total. The van der Waals surface area contributed by atoms with E-state index in [9.17, 15) is 8.42 Å². The van der Waals surface area contributed by atoms with Gasteiger partial charge < -0.3 is 9.72 Å². The Hall–Kier alpha value is -2.13. The van der Waals surface area contributed by atoms with Crippen LogP contribution in [0, 0.1) is 0 Å². The van der Waals surface area contributed by atoms with E-state index >= 15 is 0 Å². The lowest BCUT2D eigenvalue weighted by Crippen LogP contribution is -2.49. The van der Waals surface area contributed by atoms with Crippen LogP contribution in [0.25, 0.3) is 11.0 Å². The van der Waals surface area contributed by atoms with Crippen molar-refractivity contribution in [1.82, 2.24) is 19.2 Å². The van der Waals surface area contributed by atoms with Crippen molar-refractivity contribution in [2.75, 3.05) is 39.3 Å². The van der Waals surface area contributed by atoms with Crippen LogP contribution in [0.1, 0.15) is 0 Å². The third-order valence-corrected chi connectivity index (χ3v) is 7.04. The predicted octanol–water partition coefficient (Wildman–Crippen LogP) is 2.60. The van der Waals surface area contributed by atoms with Crippen LogP contribution >= 0.6 is 11.6 Å². The fraction of sp³-hybridized carbons (Fsp3) is 0.316. The van der Waals surface area contributed by atoms with E-state index in [0.29, 0.717) is 48.8 Å². The van der Waals surface area contributed by atoms with Crippen molar-refractivity contribution >= 4 is 32.7 Å². The number of nitrogens with one attached hydrogen (secondary N) is 1. The molecule has 0 bridgehead atoms. The molecule has 148 valence electrons. The molecule has 9 heteroatoms. The molecule has 0 saturated carbocycles. The molecule has 1 fully saturated rings. The highest BCUT2D eigenvalue weighted by Gasteiger charge is 2.30. The number of pyridine rings is 1. The van der Waals surface area contributed by atoms with Crippen LogP contribution in [0.4, 0.5) is 0 Å². The Kier molecular flexibility index (Phi) is 5.54. The van der Waals surface area contributed by atoms with Gasteiger partial charge in [0, 0.05) is 55.5 Å². The van der Waals surface area contributed by atoms with Gasteiger partial charge in [-0.25, -0.2) is 13.4 Å². The van der Waals surface area contributed by atoms with Crippen LogP contribution in [0.5, 0.6) is 5.75 Å². The van der Waals surface area contributed by atoms with Gasteiger partial charge in [0.05, 0.1) is 0 Å². The number of ether oxygens (including phenoxy) is 1. The molecule has 3 heterocycles. The van der Waals surface area contributed by atoms with Crippen molar-refractivity contribution in [2.45, 2.75) is 4.90 Å². The third kappa shape index (κ3) is 4.00. The number of aromatic nitrogens is 2. The summed E-state index contributed by atoms with van der Waals surface area (Å²) in [5.74, 6) is 0.776. The summed E-state index contributed by atoms with van der Waals surface area (Å²) >= 11 is 5.86. The maximum Gasteiger partial charge on any atom is 0.245 e. The van der Waals surface area contributed by atoms with Crippen molar-refractivity contribution in [2.24, 2.45) is 0 Å². The van der Waals surface area contributed by atoms with E-state index in [1.165, 1.54) is 6.20 Å². The Labute approximate surface area is 168 Å². The minimum Gasteiger partial charge on any atom is -0.492 e. The van der Waals surface area contributed by atoms with Crippen molar-refractivity contribution in [1.29, 1.82) is 0 Å². The zero-order valence-corrected chi connectivity index (χ0v) is 16.8. The number of rotatable bonds is 6. The fourth-order valence-corrected chi connectivity index (χ4v) is 5.00. The van der Waals surface area contributed by atoms with Gasteiger partial charge in [-0.1, -0.05) is 11.6 Å². The van der Waals surface area contributed by atoms with E-state index in [1.54, 1.807) is 34.8 Å². The number of aromatic amines is 1. The average Bonchev–Trinajstić information content (AvgIpc) is 3.15. The molecule has 0 spiro atoms. The molecule has 0 radical (unpaired) electrons. The van der Waals surface area contributed by atoms with Crippen LogP contribution in [-0.2, 0) is 10.0 Å². The Morgan fingerprint density at radius 1 is 1.11 bits per heavy atom. The topological polar surface area (TPSA) is 78.5 Å². The number of piperazine rings is 1. The van der Waals surface area contributed by atoms with Gasteiger partial charge in [0.25, 0.3) is 0 Å². The van der Waals surface area contributed by atoms with E-state index in [0.717, 1.165) is 12.3 Å². The van der Waals surface area contributed by atoms with Crippen LogP contribution < -0.4 is 4.74 Å². The van der Waals surface area contributed by atoms with Crippen molar-refractivity contribution in [3.8, 4) is 5.75 Å². The fourth-order valence-electron chi connectivity index (χ4n) is 3.30. The second-order valence-corrected chi connectivity index (χ2v) is 8.94. The van der Waals surface area contributed by atoms with E-state index in [4.69, 9.17) is 16.3 Å². The maximum absolute atomic E-state index is 13.0. The zero-order valence-electron chi connectivity index (χ0n) is 15.2. The van der Waals surface area contributed by atoms with E-state index in [-0.39, 0.29) is 4.90 Å². The maximum atomic E-state index is 13.0. The molecule has 1 aliphatic heterocycles. The molecule has 3 aromatic rings. The highest BCUT2D eigenvalue weighted by molar-refractivity contribution is 7.89. The number of hydrogen-bond acceptors (Lipinski definition) is 5. The first-order chi connectivity index (χ1) is 13.5. The van der Waals surface area contributed by atoms with Crippen LogP contribution in [0.3, 0.4) is 0 Å². The van der Waals surface area contributed by atoms with E-state index in [1.807, 2.05) is 12.1 Å². The van der Waals surface area contributed by atoms with Crippen molar-refractivity contribution in [3.63, 3.8) is 0 Å². The molecule has 1 N–H and O–H groups in total. The molecule has 1 aliphatic rings. The molecule has 1 aromatic carbocycles. The summed E-state index contributed by atoms with van der Waals surface area (Å²) in [6.45, 7) is 3.54. The van der Waals surface area contributed by atoms with Crippen molar-refractivity contribution in [3.05, 3.63) is 53.8 Å². The summed E-state index contributed by atoms with van der Waals surface area (Å²) in [6, 6.07) is 10.8. The molecule has 2 aromatic heterocycles. The number of H-pyrrole nitrogens is 1. The van der Waals surface area contributed by atoms with Gasteiger partial charge in [-0.3, -0.25) is 4.90 Å². The van der Waals surface area contributed by atoms with Crippen molar-refractivity contribution < 1.29 is 13.2 Å². The van der Waals surface area contributed by atoms with Gasteiger partial charge in [0.1, 0.15) is 22.9 Å². The second-order valence-electron chi connectivity index (χ2n) is 6.60. The Morgan fingerprint density at radius 2 is 1.86 bits per heavy atom. The first-order valence-corrected chi connectivity index (χ1v) is 10.9. The molecule has 0 amide bonds. The van der Waals surface area contributed by atoms with Crippen LogP contribution in [0.2, 0.25) is 5.02 Å². The predicted molar refractivity (Wildman–Crippen MR) is 108 cm³/mol. The minimum atomic E-state index is -3.54. The summed E-state index contributed by atoms with van der Waals surface area (Å²) in [4.78, 5) is 9.60. The first-order valence-electron chi connectivity index (χ1n) is 9.07. The average molecular weight is 421 g/mol. The molecule has 0 atom stereocenters. The van der Waals surface area contributed by atoms with Crippen LogP contribution in [0.15, 0.2) is 53.7 Å². The highest BCUT2D eigenvalue weighted by atomic mass is 35.5. The standard InChI is InChI=1S/C19H21ClN4O3S/c20-15-3-5-16(6-4-15)27-13-12-23-8-10-24(11-9-23)28(25,26)18-14-22-19-17(18)2-1-7-21-19/h1-7,14H,8-13H2,(H,21,22). The Bertz CT molecular complexity index is 1040. The molecular formula is C19H21ClN4O3S. The number of hydrogen-bond donors (Lipinski definition) is 1. The summed E-state index contributed by atoms with van der Waals surface area (Å²) in [5.41, 5.74) is 0.582. The lowest BCUT2D eigenvalue weighted by molar-refractivity contribution is 0.159. The molecule has 1 saturated heterocycles. The molecule has 28 heavy (non-hydrogen) atoms. The highest BCUT2D eigenvalue weighted by Crippen LogP contribution is 2.25. The Morgan fingerprint density at radius 3 is 2.61 bits per heavy atom. The lowest BCUT2D eigenvalue weighted by atomic mass is 10.3. The zero-order chi connectivity index (χ0) is 19.6. The molecule has 0 aliphatic carbocycles. The monoisotopic (exact) mass is 420 g/mol. The third-order valence-electron chi connectivity index (χ3n) is 4.85. The van der Waals surface area contributed by atoms with Gasteiger partial charge in [-0.05, 0) is 36.4 Å². The van der Waals surface area contributed by atoms with E-state index in [2.05, 4.69) is 14.9 Å². The summed E-state index contributed by atoms with van der Waals surface area (Å²) in [7, 11) is -3.54. The SMILES string of the molecule is O=S(=O)(c1c[nH]c2ncccc12)N1CCN(CCOc2ccc(Cl)cc2)CC1. The van der Waals surface area contributed by atoms with E-state index < -0.39 is 10.0 Å². The largest absolute Gasteiger partial charge is 0.492 e. The smallest absolute Gasteiger partial charge is 0.245 e. The normalized spacial score (nSPS) is 16.5. The summed E-state index contributed by atoms with van der Waals surface area (Å²) < 4.78 is 33.3. The van der Waals surface area contributed by atoms with Gasteiger partial charge in [-0.15, -0.1) is 0 Å². The van der Waals surface area contributed by atoms with Gasteiger partial charge in [0.15, 0.2) is 0 Å². The lowest BCUT2D eigenvalue weighted by Gasteiger charge is -2.33. The number of halogens is 1. The number of nitrogens with zero attached hydrogens (tertiary/aromatic N) is 3. The molecule has 0 unspecified atom stereocenters. The van der Waals surface area contributed by atoms with Gasteiger partial charge in [-0.2, -0.15) is 4.31 Å². The Balaban J connectivity index is 1.32. The first kappa shape index (κ1) is 19.2. The molecule has 4 rings (SSSR count). The number of sulfonamides is 1. The number of benzene rings is 1. The summed E-state index contributed by atoms with van der Waals surface area (Å²) in [5, 5.41) is 1.30. The number of fused-ring (bicyclic) bond motifs is 1. The summed E-state index contributed by atoms with van der Waals surface area (Å²) in [6.07, 6.45) is 3.17.